The van der Waals surface area contributed by atoms with Crippen LogP contribution in [-0.2, 0) is 17.6 Å². The summed E-state index contributed by atoms with van der Waals surface area (Å²) in [4.78, 5) is 20.4. The third kappa shape index (κ3) is 4.98. The Morgan fingerprint density at radius 1 is 1.15 bits per heavy atom. The standard InChI is InChI=1S/C23H28N2O/c1-6-18(23(7-2)24-5)14-22-11-10-21(15-25-22)20-9-8-19(13-17(4)26)16(3)12-20/h6,8-12,15H,7,13-14H2,1-5H3/b18-6-,24-23?. The van der Waals surface area contributed by atoms with E-state index in [-0.39, 0.29) is 5.78 Å². The summed E-state index contributed by atoms with van der Waals surface area (Å²) in [5, 5.41) is 0. The van der Waals surface area contributed by atoms with E-state index < -0.39 is 0 Å². The molecule has 2 rings (SSSR count). The van der Waals surface area contributed by atoms with Crippen LogP contribution in [0.4, 0.5) is 0 Å². The Bertz CT molecular complexity index is 830. The number of carbonyl (C=O) groups excluding carboxylic acids is 1. The number of aliphatic imine (C=N–C) groups is 1. The molecule has 2 aromatic rings. The summed E-state index contributed by atoms with van der Waals surface area (Å²) < 4.78 is 0. The van der Waals surface area contributed by atoms with Crippen molar-refractivity contribution in [3.8, 4) is 11.1 Å². The van der Waals surface area contributed by atoms with Crippen molar-refractivity contribution in [1.82, 2.24) is 4.98 Å². The molecule has 0 amide bonds. The molecule has 1 aromatic carbocycles. The van der Waals surface area contributed by atoms with Gasteiger partial charge in [-0.05, 0) is 55.5 Å². The van der Waals surface area contributed by atoms with Gasteiger partial charge in [0.15, 0.2) is 0 Å². The molecule has 0 aliphatic heterocycles. The molecule has 0 saturated carbocycles. The molecule has 0 bridgehead atoms. The van der Waals surface area contributed by atoms with E-state index >= 15 is 0 Å². The van der Waals surface area contributed by atoms with Crippen molar-refractivity contribution in [2.75, 3.05) is 7.05 Å². The summed E-state index contributed by atoms with van der Waals surface area (Å²) >= 11 is 0. The smallest absolute Gasteiger partial charge is 0.134 e. The van der Waals surface area contributed by atoms with Crippen molar-refractivity contribution in [3.05, 3.63) is 65.0 Å². The zero-order valence-corrected chi connectivity index (χ0v) is 16.5. The van der Waals surface area contributed by atoms with Gasteiger partial charge in [0.2, 0.25) is 0 Å². The molecule has 0 spiro atoms. The van der Waals surface area contributed by atoms with Gasteiger partial charge in [0.25, 0.3) is 0 Å². The van der Waals surface area contributed by atoms with Crippen molar-refractivity contribution in [2.24, 2.45) is 4.99 Å². The molecule has 0 fully saturated rings. The summed E-state index contributed by atoms with van der Waals surface area (Å²) in [7, 11) is 1.84. The van der Waals surface area contributed by atoms with E-state index in [1.165, 1.54) is 5.57 Å². The van der Waals surface area contributed by atoms with Crippen molar-refractivity contribution < 1.29 is 4.79 Å². The Morgan fingerprint density at radius 2 is 1.88 bits per heavy atom. The first-order chi connectivity index (χ1) is 12.5. The third-order valence-corrected chi connectivity index (χ3v) is 4.64. The first kappa shape index (κ1) is 19.8. The van der Waals surface area contributed by atoms with E-state index in [4.69, 9.17) is 0 Å². The van der Waals surface area contributed by atoms with E-state index in [9.17, 15) is 4.79 Å². The molecule has 0 N–H and O–H groups in total. The topological polar surface area (TPSA) is 42.3 Å². The van der Waals surface area contributed by atoms with Crippen LogP contribution in [0, 0.1) is 6.92 Å². The van der Waals surface area contributed by atoms with Crippen molar-refractivity contribution in [1.29, 1.82) is 0 Å². The molecular weight excluding hydrogens is 320 g/mol. The normalized spacial score (nSPS) is 12.3. The first-order valence-electron chi connectivity index (χ1n) is 9.14. The number of rotatable bonds is 7. The fourth-order valence-corrected chi connectivity index (χ4v) is 3.14. The quantitative estimate of drug-likeness (QED) is 0.649. The number of benzene rings is 1. The Hall–Kier alpha value is -2.55. The van der Waals surface area contributed by atoms with Crippen molar-refractivity contribution in [3.63, 3.8) is 0 Å². The summed E-state index contributed by atoms with van der Waals surface area (Å²) in [5.74, 6) is 0.189. The average molecular weight is 348 g/mol. The zero-order valence-electron chi connectivity index (χ0n) is 16.5. The van der Waals surface area contributed by atoms with E-state index in [2.05, 4.69) is 61.1 Å². The molecule has 1 heterocycles. The van der Waals surface area contributed by atoms with Gasteiger partial charge in [-0.25, -0.2) is 0 Å². The molecule has 26 heavy (non-hydrogen) atoms. The first-order valence-corrected chi connectivity index (χ1v) is 9.14. The Kier molecular flexibility index (Phi) is 7.02. The van der Waals surface area contributed by atoms with Crippen LogP contribution in [0.25, 0.3) is 11.1 Å². The second-order valence-corrected chi connectivity index (χ2v) is 6.57. The Balaban J connectivity index is 2.19. The number of carbonyl (C=O) groups is 1. The zero-order chi connectivity index (χ0) is 19.1. The number of nitrogens with zero attached hydrogens (tertiary/aromatic N) is 2. The van der Waals surface area contributed by atoms with Crippen LogP contribution in [0.2, 0.25) is 0 Å². The highest BCUT2D eigenvalue weighted by atomic mass is 16.1. The maximum atomic E-state index is 11.3. The Morgan fingerprint density at radius 3 is 2.38 bits per heavy atom. The van der Waals surface area contributed by atoms with Gasteiger partial charge in [0, 0.05) is 43.1 Å². The maximum Gasteiger partial charge on any atom is 0.134 e. The van der Waals surface area contributed by atoms with Gasteiger partial charge < -0.3 is 0 Å². The molecule has 136 valence electrons. The minimum Gasteiger partial charge on any atom is -0.300 e. The van der Waals surface area contributed by atoms with Crippen LogP contribution in [0.5, 0.6) is 0 Å². The number of Topliss-reactive ketones (excluding diaryl/α,β-unsaturated/α-hetero) is 1. The predicted octanol–water partition coefficient (Wildman–Crippen LogP) is 5.16. The number of hydrogen-bond donors (Lipinski definition) is 0. The Labute approximate surface area is 156 Å². The second kappa shape index (κ2) is 9.23. The van der Waals surface area contributed by atoms with Gasteiger partial charge in [0.05, 0.1) is 0 Å². The summed E-state index contributed by atoms with van der Waals surface area (Å²) in [5.41, 5.74) is 7.87. The molecule has 0 aliphatic carbocycles. The van der Waals surface area contributed by atoms with Crippen LogP contribution >= 0.6 is 0 Å². The molecular formula is C23H28N2O. The maximum absolute atomic E-state index is 11.3. The highest BCUT2D eigenvalue weighted by Crippen LogP contribution is 2.23. The molecule has 3 nitrogen and oxygen atoms in total. The van der Waals surface area contributed by atoms with Crippen LogP contribution in [0.15, 0.2) is 53.2 Å². The minimum atomic E-state index is 0.189. The van der Waals surface area contributed by atoms with Crippen molar-refractivity contribution >= 4 is 11.5 Å². The SMILES string of the molecule is C/C=C(/Cc1ccc(-c2ccc(CC(C)=O)c(C)c2)cn1)C(CC)=NC. The number of hydrogen-bond acceptors (Lipinski definition) is 3. The van der Waals surface area contributed by atoms with E-state index in [0.29, 0.717) is 6.42 Å². The number of aryl methyl sites for hydroxylation is 1. The molecule has 3 heteroatoms. The van der Waals surface area contributed by atoms with Gasteiger partial charge in [-0.1, -0.05) is 37.3 Å². The molecule has 0 aliphatic rings. The number of pyridine rings is 1. The van der Waals surface area contributed by atoms with Crippen molar-refractivity contribution in [2.45, 2.75) is 47.0 Å². The molecule has 1 aromatic heterocycles. The minimum absolute atomic E-state index is 0.189. The van der Waals surface area contributed by atoms with Crippen LogP contribution in [0.1, 0.15) is 44.0 Å². The summed E-state index contributed by atoms with van der Waals surface area (Å²) in [6.07, 6.45) is 6.28. The van der Waals surface area contributed by atoms with Gasteiger partial charge in [-0.3, -0.25) is 14.8 Å². The summed E-state index contributed by atoms with van der Waals surface area (Å²) in [6, 6.07) is 10.4. The van der Waals surface area contributed by atoms with Crippen LogP contribution in [-0.4, -0.2) is 23.5 Å². The van der Waals surface area contributed by atoms with E-state index in [1.54, 1.807) is 6.92 Å². The van der Waals surface area contributed by atoms with Gasteiger partial charge >= 0.3 is 0 Å². The number of allylic oxidation sites excluding steroid dienone is 2. The lowest BCUT2D eigenvalue weighted by Crippen LogP contribution is -2.05. The number of aromatic nitrogens is 1. The molecule has 0 atom stereocenters. The lowest BCUT2D eigenvalue weighted by atomic mass is 9.97. The summed E-state index contributed by atoms with van der Waals surface area (Å²) in [6.45, 7) is 7.86. The lowest BCUT2D eigenvalue weighted by Gasteiger charge is -2.10. The largest absolute Gasteiger partial charge is 0.300 e. The van der Waals surface area contributed by atoms with Gasteiger partial charge in [-0.15, -0.1) is 0 Å². The van der Waals surface area contributed by atoms with E-state index in [0.717, 1.165) is 46.5 Å². The van der Waals surface area contributed by atoms with Gasteiger partial charge in [0.1, 0.15) is 5.78 Å². The second-order valence-electron chi connectivity index (χ2n) is 6.57. The highest BCUT2D eigenvalue weighted by molar-refractivity contribution is 6.00. The van der Waals surface area contributed by atoms with Crippen LogP contribution in [0.3, 0.4) is 0 Å². The third-order valence-electron chi connectivity index (χ3n) is 4.64. The van der Waals surface area contributed by atoms with E-state index in [1.807, 2.05) is 19.3 Å². The molecule has 0 saturated heterocycles. The monoisotopic (exact) mass is 348 g/mol. The highest BCUT2D eigenvalue weighted by Gasteiger charge is 2.08. The molecule has 0 radical (unpaired) electrons. The van der Waals surface area contributed by atoms with Crippen LogP contribution < -0.4 is 0 Å². The fourth-order valence-electron chi connectivity index (χ4n) is 3.14. The average Bonchev–Trinajstić information content (AvgIpc) is 2.63. The fraction of sp³-hybridized carbons (Fsp3) is 0.348. The number of ketones is 1. The lowest BCUT2D eigenvalue weighted by molar-refractivity contribution is -0.116. The van der Waals surface area contributed by atoms with Gasteiger partial charge in [-0.2, -0.15) is 0 Å². The predicted molar refractivity (Wildman–Crippen MR) is 110 cm³/mol. The molecule has 0 unspecified atom stereocenters.